The summed E-state index contributed by atoms with van der Waals surface area (Å²) in [6, 6.07) is 9.40. The Morgan fingerprint density at radius 2 is 1.50 bits per heavy atom. The molecule has 0 amide bonds. The van der Waals surface area contributed by atoms with Gasteiger partial charge in [0.2, 0.25) is 0 Å². The lowest BCUT2D eigenvalue weighted by Crippen LogP contribution is -1.99. The highest BCUT2D eigenvalue weighted by atomic mass is 35.5. The topological polar surface area (TPSA) is 9.23 Å². The molecule has 0 aromatic heterocycles. The van der Waals surface area contributed by atoms with Crippen molar-refractivity contribution >= 4 is 34.8 Å². The average Bonchev–Trinajstić information content (AvgIpc) is 2.37. The van der Waals surface area contributed by atoms with E-state index in [4.69, 9.17) is 39.5 Å². The molecule has 0 radical (unpaired) electrons. The maximum atomic E-state index is 6.57. The van der Waals surface area contributed by atoms with E-state index in [-0.39, 0.29) is 5.38 Å². The van der Waals surface area contributed by atoms with Gasteiger partial charge in [-0.05, 0) is 42.7 Å². The van der Waals surface area contributed by atoms with Gasteiger partial charge in [0.25, 0.3) is 0 Å². The van der Waals surface area contributed by atoms with E-state index in [0.717, 1.165) is 28.0 Å². The Hall–Kier alpha value is -0.890. The van der Waals surface area contributed by atoms with Crippen molar-refractivity contribution in [2.75, 3.05) is 7.11 Å². The van der Waals surface area contributed by atoms with Crippen molar-refractivity contribution in [2.24, 2.45) is 0 Å². The number of halogens is 3. The Kier molecular flexibility index (Phi) is 4.85. The molecule has 1 nitrogen and oxygen atoms in total. The van der Waals surface area contributed by atoms with Crippen LogP contribution in [0.25, 0.3) is 0 Å². The highest BCUT2D eigenvalue weighted by molar-refractivity contribution is 6.38. The molecule has 0 fully saturated rings. The van der Waals surface area contributed by atoms with Crippen molar-refractivity contribution in [3.05, 3.63) is 62.6 Å². The molecule has 1 unspecified atom stereocenters. The lowest BCUT2D eigenvalue weighted by molar-refractivity contribution is 0.408. The van der Waals surface area contributed by atoms with Crippen LogP contribution >= 0.6 is 34.8 Å². The van der Waals surface area contributed by atoms with Crippen LogP contribution in [0.4, 0.5) is 0 Å². The number of methoxy groups -OCH3 is 1. The molecule has 0 saturated heterocycles. The minimum Gasteiger partial charge on any atom is -0.496 e. The van der Waals surface area contributed by atoms with Gasteiger partial charge in [-0.2, -0.15) is 0 Å². The molecule has 0 aliphatic rings. The second-order valence-corrected chi connectivity index (χ2v) is 5.94. The van der Waals surface area contributed by atoms with Crippen LogP contribution in [-0.4, -0.2) is 7.11 Å². The monoisotopic (exact) mass is 328 g/mol. The molecular formula is C16H15Cl3O. The third kappa shape index (κ3) is 2.90. The molecule has 2 aromatic rings. The number of benzene rings is 2. The molecule has 0 aliphatic carbocycles. The molecule has 0 saturated carbocycles. The fraction of sp³-hybridized carbons (Fsp3) is 0.250. The van der Waals surface area contributed by atoms with Gasteiger partial charge in [-0.15, -0.1) is 11.6 Å². The summed E-state index contributed by atoms with van der Waals surface area (Å²) < 4.78 is 5.37. The van der Waals surface area contributed by atoms with Crippen molar-refractivity contribution in [2.45, 2.75) is 19.2 Å². The fourth-order valence-electron chi connectivity index (χ4n) is 2.37. The zero-order chi connectivity index (χ0) is 14.9. The van der Waals surface area contributed by atoms with Crippen molar-refractivity contribution in [3.63, 3.8) is 0 Å². The van der Waals surface area contributed by atoms with Crippen LogP contribution in [0.5, 0.6) is 5.75 Å². The molecule has 1 atom stereocenters. The normalized spacial score (nSPS) is 12.3. The molecule has 2 aromatic carbocycles. The van der Waals surface area contributed by atoms with Crippen LogP contribution in [0.15, 0.2) is 30.3 Å². The Morgan fingerprint density at radius 1 is 1.00 bits per heavy atom. The number of rotatable bonds is 3. The SMILES string of the molecule is COc1c(C)cc(C(Cl)c2c(Cl)cccc2Cl)cc1C. The van der Waals surface area contributed by atoms with E-state index in [1.807, 2.05) is 32.0 Å². The smallest absolute Gasteiger partial charge is 0.124 e. The van der Waals surface area contributed by atoms with Crippen molar-refractivity contribution in [1.82, 2.24) is 0 Å². The third-order valence-corrected chi connectivity index (χ3v) is 4.36. The molecule has 106 valence electrons. The molecule has 0 spiro atoms. The van der Waals surface area contributed by atoms with E-state index in [9.17, 15) is 0 Å². The number of alkyl halides is 1. The van der Waals surface area contributed by atoms with Gasteiger partial charge in [0, 0.05) is 15.6 Å². The predicted octanol–water partition coefficient (Wildman–Crippen LogP) is 5.95. The first kappa shape index (κ1) is 15.5. The van der Waals surface area contributed by atoms with Gasteiger partial charge in [-0.25, -0.2) is 0 Å². The standard InChI is InChI=1S/C16H15Cl3O/c1-9-7-11(8-10(2)16(9)20-3)15(19)14-12(17)5-4-6-13(14)18/h4-8,15H,1-3H3. The van der Waals surface area contributed by atoms with Gasteiger partial charge in [-0.1, -0.05) is 41.4 Å². The van der Waals surface area contributed by atoms with E-state index in [2.05, 4.69) is 0 Å². The largest absolute Gasteiger partial charge is 0.496 e. The summed E-state index contributed by atoms with van der Waals surface area (Å²) in [6.45, 7) is 3.99. The van der Waals surface area contributed by atoms with Gasteiger partial charge < -0.3 is 4.74 Å². The lowest BCUT2D eigenvalue weighted by atomic mass is 9.99. The van der Waals surface area contributed by atoms with Crippen molar-refractivity contribution < 1.29 is 4.74 Å². The zero-order valence-electron chi connectivity index (χ0n) is 11.5. The van der Waals surface area contributed by atoms with E-state index >= 15 is 0 Å². The molecule has 0 heterocycles. The molecule has 4 heteroatoms. The zero-order valence-corrected chi connectivity index (χ0v) is 13.8. The summed E-state index contributed by atoms with van der Waals surface area (Å²) in [5, 5.41) is 0.756. The van der Waals surface area contributed by atoms with Crippen molar-refractivity contribution in [3.8, 4) is 5.75 Å². The summed E-state index contributed by atoms with van der Waals surface area (Å²) >= 11 is 19.0. The molecule has 20 heavy (non-hydrogen) atoms. The molecule has 0 N–H and O–H groups in total. The van der Waals surface area contributed by atoms with Crippen LogP contribution in [0, 0.1) is 13.8 Å². The van der Waals surface area contributed by atoms with Gasteiger partial charge in [-0.3, -0.25) is 0 Å². The Morgan fingerprint density at radius 3 is 1.95 bits per heavy atom. The Balaban J connectivity index is 2.52. The van der Waals surface area contributed by atoms with Crippen LogP contribution in [0.2, 0.25) is 10.0 Å². The molecule has 2 rings (SSSR count). The first-order chi connectivity index (χ1) is 9.45. The van der Waals surface area contributed by atoms with Crippen LogP contribution < -0.4 is 4.74 Å². The maximum Gasteiger partial charge on any atom is 0.124 e. The molecule has 0 bridgehead atoms. The highest BCUT2D eigenvalue weighted by Crippen LogP contribution is 2.40. The minimum absolute atomic E-state index is 0.389. The number of ether oxygens (including phenoxy) is 1. The van der Waals surface area contributed by atoms with E-state index in [1.165, 1.54) is 0 Å². The first-order valence-electron chi connectivity index (χ1n) is 6.18. The summed E-state index contributed by atoms with van der Waals surface area (Å²) in [5.41, 5.74) is 3.77. The van der Waals surface area contributed by atoms with E-state index in [0.29, 0.717) is 10.0 Å². The number of aryl methyl sites for hydroxylation is 2. The maximum absolute atomic E-state index is 6.57. The average molecular weight is 330 g/mol. The van der Waals surface area contributed by atoms with Crippen LogP contribution in [-0.2, 0) is 0 Å². The second-order valence-electron chi connectivity index (χ2n) is 4.69. The third-order valence-electron chi connectivity index (χ3n) is 3.23. The fourth-order valence-corrected chi connectivity index (χ4v) is 3.46. The first-order valence-corrected chi connectivity index (χ1v) is 7.38. The van der Waals surface area contributed by atoms with Crippen LogP contribution in [0.3, 0.4) is 0 Å². The molecular weight excluding hydrogens is 315 g/mol. The van der Waals surface area contributed by atoms with Gasteiger partial charge in [0.15, 0.2) is 0 Å². The highest BCUT2D eigenvalue weighted by Gasteiger charge is 2.19. The van der Waals surface area contributed by atoms with Gasteiger partial charge in [0.1, 0.15) is 5.75 Å². The van der Waals surface area contributed by atoms with E-state index in [1.54, 1.807) is 19.2 Å². The number of hydrogen-bond acceptors (Lipinski definition) is 1. The summed E-state index contributed by atoms with van der Waals surface area (Å²) in [6.07, 6.45) is 0. The van der Waals surface area contributed by atoms with Crippen LogP contribution in [0.1, 0.15) is 27.6 Å². The van der Waals surface area contributed by atoms with E-state index < -0.39 is 0 Å². The summed E-state index contributed by atoms with van der Waals surface area (Å²) in [5.74, 6) is 0.878. The summed E-state index contributed by atoms with van der Waals surface area (Å²) in [7, 11) is 1.66. The quantitative estimate of drug-likeness (QED) is 0.632. The second kappa shape index (κ2) is 6.26. The lowest BCUT2D eigenvalue weighted by Gasteiger charge is -2.17. The van der Waals surface area contributed by atoms with Crippen molar-refractivity contribution in [1.29, 1.82) is 0 Å². The van der Waals surface area contributed by atoms with Gasteiger partial charge in [0.05, 0.1) is 12.5 Å². The minimum atomic E-state index is -0.389. The Labute approximate surface area is 134 Å². The summed E-state index contributed by atoms with van der Waals surface area (Å²) in [4.78, 5) is 0. The molecule has 0 aliphatic heterocycles. The Bertz CT molecular complexity index is 594. The number of hydrogen-bond donors (Lipinski definition) is 0. The van der Waals surface area contributed by atoms with Gasteiger partial charge >= 0.3 is 0 Å². The predicted molar refractivity (Wildman–Crippen MR) is 86.6 cm³/mol.